The molecular formula is C7H7F3N2O4. The van der Waals surface area contributed by atoms with Crippen molar-refractivity contribution in [3.8, 4) is 0 Å². The average molecular weight is 240 g/mol. The van der Waals surface area contributed by atoms with Gasteiger partial charge in [-0.2, -0.15) is 13.2 Å². The molecule has 1 aliphatic heterocycles. The van der Waals surface area contributed by atoms with E-state index in [0.29, 0.717) is 0 Å². The Labute approximate surface area is 87.3 Å². The summed E-state index contributed by atoms with van der Waals surface area (Å²) in [6.07, 6.45) is -6.26. The Morgan fingerprint density at radius 1 is 1.62 bits per heavy atom. The number of halogens is 3. The highest BCUT2D eigenvalue weighted by Gasteiger charge is 2.44. The smallest absolute Gasteiger partial charge is 0.470 e. The SMILES string of the molecule is CC1OC(C(F)(F)F)=NN(CC(=O)O)C1=O. The minimum atomic E-state index is -4.86. The third-order valence-corrected chi connectivity index (χ3v) is 1.63. The number of hydrazone groups is 1. The topological polar surface area (TPSA) is 79.2 Å². The molecule has 1 aliphatic rings. The Bertz CT molecular complexity index is 352. The van der Waals surface area contributed by atoms with Crippen molar-refractivity contribution in [2.45, 2.75) is 19.2 Å². The van der Waals surface area contributed by atoms with Gasteiger partial charge in [0.1, 0.15) is 6.54 Å². The van der Waals surface area contributed by atoms with Gasteiger partial charge in [0.05, 0.1) is 0 Å². The molecule has 0 saturated carbocycles. The Kier molecular flexibility index (Phi) is 3.06. The number of hydrogen-bond acceptors (Lipinski definition) is 4. The molecule has 0 radical (unpaired) electrons. The fourth-order valence-electron chi connectivity index (χ4n) is 0.975. The highest BCUT2D eigenvalue weighted by Crippen LogP contribution is 2.23. The van der Waals surface area contributed by atoms with E-state index in [0.717, 1.165) is 6.92 Å². The van der Waals surface area contributed by atoms with Crippen LogP contribution in [0.15, 0.2) is 5.10 Å². The monoisotopic (exact) mass is 240 g/mol. The number of carboxylic acid groups (broad SMARTS) is 1. The standard InChI is InChI=1S/C7H7F3N2O4/c1-3-5(15)12(2-4(13)14)11-6(16-3)7(8,9)10/h3H,2H2,1H3,(H,13,14). The summed E-state index contributed by atoms with van der Waals surface area (Å²) in [7, 11) is 0. The zero-order chi connectivity index (χ0) is 12.5. The van der Waals surface area contributed by atoms with Crippen molar-refractivity contribution in [3.05, 3.63) is 0 Å². The Hall–Kier alpha value is -1.80. The number of nitrogens with zero attached hydrogens (tertiary/aromatic N) is 2. The molecule has 1 heterocycles. The maximum absolute atomic E-state index is 12.2. The zero-order valence-electron chi connectivity index (χ0n) is 7.98. The number of carbonyl (C=O) groups excluding carboxylic acids is 1. The predicted octanol–water partition coefficient (Wildman–Crippen LogP) is 0.194. The molecule has 0 bridgehead atoms. The number of alkyl halides is 3. The normalized spacial score (nSPS) is 21.5. The molecule has 0 aromatic rings. The quantitative estimate of drug-likeness (QED) is 0.747. The van der Waals surface area contributed by atoms with E-state index >= 15 is 0 Å². The van der Waals surface area contributed by atoms with Gasteiger partial charge in [-0.25, -0.2) is 5.01 Å². The summed E-state index contributed by atoms with van der Waals surface area (Å²) in [4.78, 5) is 21.5. The first-order chi connectivity index (χ1) is 7.21. The third-order valence-electron chi connectivity index (χ3n) is 1.63. The molecule has 1 N–H and O–H groups in total. The number of ether oxygens (including phenoxy) is 1. The first-order valence-corrected chi connectivity index (χ1v) is 4.07. The lowest BCUT2D eigenvalue weighted by atomic mass is 10.3. The van der Waals surface area contributed by atoms with Crippen LogP contribution in [0.1, 0.15) is 6.92 Å². The number of amides is 1. The summed E-state index contributed by atoms with van der Waals surface area (Å²) in [5.74, 6) is -4.02. The predicted molar refractivity (Wildman–Crippen MR) is 43.4 cm³/mol. The number of hydrogen-bond donors (Lipinski definition) is 1. The third kappa shape index (κ3) is 2.61. The lowest BCUT2D eigenvalue weighted by Gasteiger charge is -2.27. The van der Waals surface area contributed by atoms with Gasteiger partial charge in [0, 0.05) is 0 Å². The summed E-state index contributed by atoms with van der Waals surface area (Å²) >= 11 is 0. The molecule has 0 aliphatic carbocycles. The molecular weight excluding hydrogens is 233 g/mol. The Morgan fingerprint density at radius 3 is 2.62 bits per heavy atom. The van der Waals surface area contributed by atoms with Crippen LogP contribution in [0, 0.1) is 0 Å². The molecule has 6 nitrogen and oxygen atoms in total. The van der Waals surface area contributed by atoms with E-state index in [1.165, 1.54) is 0 Å². The average Bonchev–Trinajstić information content (AvgIpc) is 2.10. The fraction of sp³-hybridized carbons (Fsp3) is 0.571. The highest BCUT2D eigenvalue weighted by molar-refractivity contribution is 5.92. The van der Waals surface area contributed by atoms with E-state index < -0.39 is 36.6 Å². The largest absolute Gasteiger partial charge is 0.480 e. The van der Waals surface area contributed by atoms with Crippen LogP contribution in [0.25, 0.3) is 0 Å². The van der Waals surface area contributed by atoms with Gasteiger partial charge in [-0.1, -0.05) is 0 Å². The van der Waals surface area contributed by atoms with Gasteiger partial charge in [0.15, 0.2) is 6.10 Å². The molecule has 1 rings (SSSR count). The van der Waals surface area contributed by atoms with Crippen molar-refractivity contribution in [3.63, 3.8) is 0 Å². The second-order valence-corrected chi connectivity index (χ2v) is 2.95. The second kappa shape index (κ2) is 3.99. The molecule has 0 aromatic carbocycles. The summed E-state index contributed by atoms with van der Waals surface area (Å²) in [6, 6.07) is 0. The maximum Gasteiger partial charge on any atom is 0.470 e. The zero-order valence-corrected chi connectivity index (χ0v) is 7.98. The summed E-state index contributed by atoms with van der Waals surface area (Å²) in [5, 5.41) is 11.4. The molecule has 1 amide bonds. The fourth-order valence-corrected chi connectivity index (χ4v) is 0.975. The molecule has 9 heteroatoms. The van der Waals surface area contributed by atoms with Crippen molar-refractivity contribution in [1.82, 2.24) is 5.01 Å². The lowest BCUT2D eigenvalue weighted by Crippen LogP contribution is -2.47. The molecule has 0 saturated heterocycles. The first kappa shape index (κ1) is 12.3. The van der Waals surface area contributed by atoms with Crippen LogP contribution in [0.4, 0.5) is 13.2 Å². The van der Waals surface area contributed by atoms with Gasteiger partial charge < -0.3 is 9.84 Å². The van der Waals surface area contributed by atoms with Crippen LogP contribution in [0.5, 0.6) is 0 Å². The minimum absolute atomic E-state index is 0.222. The van der Waals surface area contributed by atoms with Gasteiger partial charge >= 0.3 is 18.0 Å². The highest BCUT2D eigenvalue weighted by atomic mass is 19.4. The number of aliphatic carboxylic acids is 1. The molecule has 1 unspecified atom stereocenters. The molecule has 90 valence electrons. The summed E-state index contributed by atoms with van der Waals surface area (Å²) in [6.45, 7) is 0.143. The number of carboxylic acids is 1. The van der Waals surface area contributed by atoms with Gasteiger partial charge in [0.2, 0.25) is 0 Å². The van der Waals surface area contributed by atoms with Gasteiger partial charge in [0.25, 0.3) is 5.91 Å². The summed E-state index contributed by atoms with van der Waals surface area (Å²) in [5.41, 5.74) is 0. The van der Waals surface area contributed by atoms with E-state index in [1.807, 2.05) is 0 Å². The van der Waals surface area contributed by atoms with Crippen molar-refractivity contribution >= 4 is 17.8 Å². The van der Waals surface area contributed by atoms with Crippen LogP contribution in [-0.2, 0) is 14.3 Å². The first-order valence-electron chi connectivity index (χ1n) is 4.07. The van der Waals surface area contributed by atoms with E-state index in [1.54, 1.807) is 0 Å². The van der Waals surface area contributed by atoms with Gasteiger partial charge in [-0.15, -0.1) is 5.10 Å². The van der Waals surface area contributed by atoms with E-state index in [9.17, 15) is 22.8 Å². The second-order valence-electron chi connectivity index (χ2n) is 2.95. The maximum atomic E-state index is 12.2. The minimum Gasteiger partial charge on any atom is -0.480 e. The van der Waals surface area contributed by atoms with Crippen LogP contribution in [-0.4, -0.2) is 46.7 Å². The van der Waals surface area contributed by atoms with E-state index in [2.05, 4.69) is 9.84 Å². The van der Waals surface area contributed by atoms with Crippen molar-refractivity contribution in [2.24, 2.45) is 5.10 Å². The number of rotatable bonds is 2. The van der Waals surface area contributed by atoms with Crippen LogP contribution in [0.2, 0.25) is 0 Å². The van der Waals surface area contributed by atoms with Crippen LogP contribution < -0.4 is 0 Å². The number of carbonyl (C=O) groups is 2. The van der Waals surface area contributed by atoms with Crippen LogP contribution in [0.3, 0.4) is 0 Å². The van der Waals surface area contributed by atoms with Crippen molar-refractivity contribution in [2.75, 3.05) is 6.54 Å². The molecule has 1 atom stereocenters. The lowest BCUT2D eigenvalue weighted by molar-refractivity contribution is -0.153. The van der Waals surface area contributed by atoms with E-state index in [-0.39, 0.29) is 5.01 Å². The Balaban J connectivity index is 2.97. The van der Waals surface area contributed by atoms with Crippen molar-refractivity contribution < 1.29 is 32.6 Å². The van der Waals surface area contributed by atoms with Crippen molar-refractivity contribution in [1.29, 1.82) is 0 Å². The van der Waals surface area contributed by atoms with Crippen LogP contribution >= 0.6 is 0 Å². The molecule has 0 aromatic heterocycles. The molecule has 0 spiro atoms. The van der Waals surface area contributed by atoms with Gasteiger partial charge in [-0.3, -0.25) is 9.59 Å². The Morgan fingerprint density at radius 2 is 2.19 bits per heavy atom. The van der Waals surface area contributed by atoms with Gasteiger partial charge in [-0.05, 0) is 6.92 Å². The summed E-state index contributed by atoms with van der Waals surface area (Å²) < 4.78 is 40.8. The molecule has 16 heavy (non-hydrogen) atoms. The van der Waals surface area contributed by atoms with E-state index in [4.69, 9.17) is 5.11 Å². The molecule has 0 fully saturated rings.